The number of rotatable bonds is 18. The van der Waals surface area contributed by atoms with Crippen LogP contribution in [0.4, 0.5) is 0 Å². The van der Waals surface area contributed by atoms with Crippen LogP contribution in [0.3, 0.4) is 0 Å². The zero-order valence-electron chi connectivity index (χ0n) is 76.6. The summed E-state index contributed by atoms with van der Waals surface area (Å²) in [6, 6.07) is -4.20. The molecule has 14 rings (SSSR count). The molecule has 0 aromatic heterocycles. The summed E-state index contributed by atoms with van der Waals surface area (Å²) in [7, 11) is 19.2. The van der Waals surface area contributed by atoms with E-state index >= 15 is 0 Å². The van der Waals surface area contributed by atoms with Crippen LogP contribution < -0.4 is 40.1 Å². The van der Waals surface area contributed by atoms with Crippen LogP contribution in [0.1, 0.15) is 145 Å². The summed E-state index contributed by atoms with van der Waals surface area (Å²) in [5.74, 6) is -0.731. The van der Waals surface area contributed by atoms with Gasteiger partial charge in [-0.3, -0.25) is 24.2 Å². The normalized spacial score (nSPS) is 53.2. The molecular weight excluding hydrogens is 2070 g/mol. The monoisotopic (exact) mass is 2210 g/mol. The summed E-state index contributed by atoms with van der Waals surface area (Å²) < 4.78 is 138. The second-order valence-corrected chi connectivity index (χ2v) is 36.7. The van der Waals surface area contributed by atoms with Crippen LogP contribution in [0.25, 0.3) is 0 Å². The minimum atomic E-state index is -1.49. The SMILES string of the molecule is [2H]C[C@@H]1[CH-]C(O)[C@H](O[C@@H]2C(O)[C@H](C)CC(N)[C@H]2O[C@H]2OC3[C-](C)CCC(C)O[C@H]3[C@H](O)C2[B])O1.[2H]C[C@H]1O[C@@H](O[C@@H]2C(O)[C@H](C)CC(N)[C@H]2O[C@H]2OC3[C-](C)CCC(C)O[C@H]3[C@H](O)C2[B])C(O)[C@H]1O[C@H]1OC(CN)[C@@H](O)C(O)C1N.[2H]C[C@H]1O[C@@H](O[C@@H]2C(O)[C@H](C)CC(N)[C@H]2O[C@H]2OC3[C-](C)CCC(C)O[C@H]3[C@H](O)C2[B])C(O)[C@H]1O[C@H]1O[C@@H](CN)[C@@H](O)C(O)C1N.[W].[Y].[Y].[Y]. The Morgan fingerprint density at radius 2 is 0.638 bits per heavy atom. The van der Waals surface area contributed by atoms with E-state index in [2.05, 4.69) is 0 Å². The molecule has 3 saturated carbocycles. The van der Waals surface area contributed by atoms with Crippen molar-refractivity contribution >= 4 is 23.5 Å². The first-order valence-electron chi connectivity index (χ1n) is 45.7. The van der Waals surface area contributed by atoms with Crippen LogP contribution in [-0.2, 0) is 209 Å². The smallest absolute Gasteiger partial charge is 0.187 e. The molecule has 9 radical (unpaired) electrons. The predicted molar refractivity (Wildman–Crippen MR) is 433 cm³/mol. The average Bonchev–Trinajstić information content (AvgIpc) is 1.56. The van der Waals surface area contributed by atoms with Crippen molar-refractivity contribution in [3.05, 3.63) is 24.2 Å². The number of nitrogens with two attached hydrogens (primary N) is 7. The molecule has 11 aliphatic heterocycles. The number of hydrogen-bond acceptors (Lipinski definition) is 39. The van der Waals surface area contributed by atoms with Gasteiger partial charge in [-0.25, -0.2) is 0 Å². The molecule has 719 valence electrons. The summed E-state index contributed by atoms with van der Waals surface area (Å²) in [5, 5.41) is 141. The van der Waals surface area contributed by atoms with E-state index < -0.39 is 293 Å². The quantitative estimate of drug-likeness (QED) is 0.0448. The van der Waals surface area contributed by atoms with Gasteiger partial charge in [0.15, 0.2) is 50.3 Å². The maximum atomic E-state index is 11.3. The van der Waals surface area contributed by atoms with Crippen molar-refractivity contribution in [2.45, 2.75) is 452 Å². The molecular formula is C81H140B3N7O32WY3-4. The van der Waals surface area contributed by atoms with Gasteiger partial charge in [0, 0.05) is 172 Å². The van der Waals surface area contributed by atoms with Gasteiger partial charge in [0.25, 0.3) is 0 Å². The van der Waals surface area contributed by atoms with Crippen molar-refractivity contribution in [3.63, 3.8) is 0 Å². The Kier molecular flexibility index (Phi) is 43.3. The van der Waals surface area contributed by atoms with Gasteiger partial charge in [-0.15, -0.1) is 0 Å². The molecule has 0 amide bonds. The van der Waals surface area contributed by atoms with Crippen LogP contribution in [0.2, 0.25) is 17.5 Å². The van der Waals surface area contributed by atoms with Crippen molar-refractivity contribution in [1.82, 2.24) is 0 Å². The maximum Gasteiger partial charge on any atom is 0.187 e. The number of hydrogen-bond donors (Lipinski definition) is 20. The Labute approximate surface area is 843 Å². The maximum absolute atomic E-state index is 11.3. The van der Waals surface area contributed by atoms with Gasteiger partial charge in [0.1, 0.15) is 97.7 Å². The minimum Gasteiger partial charge on any atom is -0.420 e. The number of aliphatic hydroxyl groups excluding tert-OH is 13. The van der Waals surface area contributed by atoms with Gasteiger partial charge in [-0.2, -0.15) is 40.0 Å². The molecule has 54 atom stereocenters. The molecule has 46 heteroatoms. The van der Waals surface area contributed by atoms with Gasteiger partial charge < -0.3 is 197 Å². The van der Waals surface area contributed by atoms with Crippen molar-refractivity contribution in [3.8, 4) is 0 Å². The van der Waals surface area contributed by atoms with Crippen molar-refractivity contribution in [2.75, 3.05) is 13.1 Å². The summed E-state index contributed by atoms with van der Waals surface area (Å²) in [6.07, 6.45) is -35.0. The Morgan fingerprint density at radius 1 is 0.346 bits per heavy atom. The number of fused-ring (bicyclic) bond motifs is 3. The van der Waals surface area contributed by atoms with E-state index in [1.54, 1.807) is 13.8 Å². The zero-order valence-corrected chi connectivity index (χ0v) is 85.1. The van der Waals surface area contributed by atoms with E-state index in [0.29, 0.717) is 19.3 Å². The minimum absolute atomic E-state index is 0. The fourth-order valence-electron chi connectivity index (χ4n) is 19.2. The molecule has 11 saturated heterocycles. The van der Waals surface area contributed by atoms with Gasteiger partial charge in [-0.05, 0) is 96.0 Å². The van der Waals surface area contributed by atoms with Crippen LogP contribution in [0, 0.1) is 41.9 Å². The van der Waals surface area contributed by atoms with Crippen molar-refractivity contribution < 1.29 is 280 Å². The van der Waals surface area contributed by atoms with Gasteiger partial charge in [-0.1, -0.05) is 53.0 Å². The first-order valence-corrected chi connectivity index (χ1v) is 43.6. The van der Waals surface area contributed by atoms with E-state index in [-0.39, 0.29) is 189 Å². The number of aliphatic hydroxyl groups is 13. The van der Waals surface area contributed by atoms with Crippen molar-refractivity contribution in [2.24, 2.45) is 57.9 Å². The molecule has 14 fully saturated rings. The molecule has 0 aromatic carbocycles. The van der Waals surface area contributed by atoms with E-state index in [1.807, 2.05) is 48.5 Å². The van der Waals surface area contributed by atoms with E-state index in [1.165, 1.54) is 6.42 Å². The second-order valence-electron chi connectivity index (χ2n) is 36.7. The van der Waals surface area contributed by atoms with E-state index in [4.69, 9.17) is 158 Å². The Bertz CT molecular complexity index is 3200. The largest absolute Gasteiger partial charge is 0.420 e. The molecule has 0 spiro atoms. The molecule has 27 N–H and O–H groups in total. The molecule has 0 aromatic rings. The predicted octanol–water partition coefficient (Wildman–Crippen LogP) is -6.18. The Morgan fingerprint density at radius 3 is 0.921 bits per heavy atom. The molecule has 0 bridgehead atoms. The third kappa shape index (κ3) is 26.0. The third-order valence-electron chi connectivity index (χ3n) is 27.1. The standard InChI is InChI=1S/2C29H51BN3O12.C23H38BNO8.W.3Y/c2*1-9-5-6-11(3)39-26-19(36)15(30)27(42-22(9)26)44-24-13(32)7-10(2)17(34)25(24)45-29-21(38)23(12(4)40-29)43-28-16(33)20(37)18(35)14(8-31)41-28;1-9-5-6-11(3)29-21-17(28)15(24)23(31-18(9)21)32-19-13(25)7-10(2)16(27)20(19)33-22-14(26)8-12(4)30-22;;;;/h2*10-29,34-38H,5-8,31-33H2,1-4H3;8,10-23,26-28H,5-7,25H2,1-4H3;;;;/q2*-1;-2;;;;/t10-,11?,12-,13?,14?,15?,16?,17?,18-,19-,20?,21?,22?,23+,24-,25-,26+,27-,28-,29+;10-,11?,12-,13?,14+,15?,16?,17?,18-,19-,20?,21?,22?,23+,24-,25-,26+,27-,28-,29+;10-,11?,12-,13?,14?,15?,16?,17-,18?,19-,20-,21+,22+,23-;;;;/m111..../s1/i3*4D;;;;. The number of ether oxygens (including phenoxy) is 19. The van der Waals surface area contributed by atoms with E-state index in [0.717, 1.165) is 56.3 Å². The molecule has 127 heavy (non-hydrogen) atoms. The molecule has 3 aliphatic carbocycles. The van der Waals surface area contributed by atoms with Crippen molar-refractivity contribution in [1.29, 1.82) is 0 Å². The van der Waals surface area contributed by atoms with Crippen LogP contribution in [0.15, 0.2) is 0 Å². The summed E-state index contributed by atoms with van der Waals surface area (Å²) in [4.78, 5) is 0. The van der Waals surface area contributed by atoms with Crippen LogP contribution in [0.5, 0.6) is 0 Å². The first kappa shape index (κ1) is 110. The second kappa shape index (κ2) is 50.0. The summed E-state index contributed by atoms with van der Waals surface area (Å²) in [5.41, 5.74) is 43.0. The fraction of sp³-hybridized carbons (Fsp3) is 0.951. The van der Waals surface area contributed by atoms with E-state index in [9.17, 15) is 66.4 Å². The molecule has 23 unspecified atom stereocenters. The zero-order chi connectivity index (χ0) is 92.0. The Hall–Kier alpha value is 2.63. The average molecular weight is 2210 g/mol. The van der Waals surface area contributed by atoms with Crippen LogP contribution >= 0.6 is 0 Å². The summed E-state index contributed by atoms with van der Waals surface area (Å²) in [6.45, 7) is 16.1. The third-order valence-corrected chi connectivity index (χ3v) is 27.1. The topological polar surface area (TPSA) is 621 Å². The molecule has 11 heterocycles. The van der Waals surface area contributed by atoms with Crippen LogP contribution in [-0.4, -0.2) is 397 Å². The van der Waals surface area contributed by atoms with Gasteiger partial charge in [0.2, 0.25) is 0 Å². The van der Waals surface area contributed by atoms with Gasteiger partial charge in [0.05, 0.1) is 121 Å². The molecule has 14 aliphatic rings. The Balaban J connectivity index is 0.000000240. The fourth-order valence-corrected chi connectivity index (χ4v) is 19.2. The first-order chi connectivity index (χ1) is 59.6. The van der Waals surface area contributed by atoms with Gasteiger partial charge >= 0.3 is 0 Å². The molecule has 39 nitrogen and oxygen atoms in total. The summed E-state index contributed by atoms with van der Waals surface area (Å²) >= 11 is 0.